The summed E-state index contributed by atoms with van der Waals surface area (Å²) in [6.45, 7) is 5.64. The fraction of sp³-hybridized carbons (Fsp3) is 0.500. The van der Waals surface area contributed by atoms with Crippen LogP contribution in [0.5, 0.6) is 0 Å². The van der Waals surface area contributed by atoms with Gasteiger partial charge in [0, 0.05) is 17.1 Å². The zero-order chi connectivity index (χ0) is 16.0. The van der Waals surface area contributed by atoms with Crippen LogP contribution in [0.25, 0.3) is 0 Å². The standard InChI is InChI=1S/C14H21BrN2O3S/c1-4-11(3)16-14(18)10-17(5-2)21(19,20)13-8-6-12(15)7-9-13/h6-9,11H,4-5,10H2,1-3H3,(H,16,18)/t11-/m0/s1. The molecule has 5 nitrogen and oxygen atoms in total. The minimum Gasteiger partial charge on any atom is -0.353 e. The van der Waals surface area contributed by atoms with E-state index in [-0.39, 0.29) is 29.9 Å². The van der Waals surface area contributed by atoms with Crippen molar-refractivity contribution in [1.82, 2.24) is 9.62 Å². The molecule has 0 aliphatic heterocycles. The third kappa shape index (κ3) is 5.09. The number of carbonyl (C=O) groups is 1. The summed E-state index contributed by atoms with van der Waals surface area (Å²) in [6, 6.07) is 6.41. The van der Waals surface area contributed by atoms with Crippen molar-refractivity contribution in [2.75, 3.05) is 13.1 Å². The molecule has 1 rings (SSSR count). The number of nitrogens with zero attached hydrogens (tertiary/aromatic N) is 1. The molecule has 0 saturated carbocycles. The van der Waals surface area contributed by atoms with Crippen LogP contribution in [-0.2, 0) is 14.8 Å². The van der Waals surface area contributed by atoms with Crippen LogP contribution in [0.2, 0.25) is 0 Å². The molecule has 118 valence electrons. The lowest BCUT2D eigenvalue weighted by Crippen LogP contribution is -2.43. The van der Waals surface area contributed by atoms with Gasteiger partial charge in [0.2, 0.25) is 15.9 Å². The summed E-state index contributed by atoms with van der Waals surface area (Å²) in [5, 5.41) is 2.77. The molecule has 0 aromatic heterocycles. The molecule has 1 aromatic rings. The summed E-state index contributed by atoms with van der Waals surface area (Å²) >= 11 is 3.27. The van der Waals surface area contributed by atoms with E-state index in [1.165, 1.54) is 16.4 Å². The Morgan fingerprint density at radius 2 is 1.86 bits per heavy atom. The highest BCUT2D eigenvalue weighted by Gasteiger charge is 2.25. The summed E-state index contributed by atoms with van der Waals surface area (Å²) in [5.74, 6) is -0.285. The van der Waals surface area contributed by atoms with Gasteiger partial charge in [0.05, 0.1) is 11.4 Å². The number of nitrogens with one attached hydrogen (secondary N) is 1. The quantitative estimate of drug-likeness (QED) is 0.794. The highest BCUT2D eigenvalue weighted by molar-refractivity contribution is 9.10. The zero-order valence-electron chi connectivity index (χ0n) is 12.5. The van der Waals surface area contributed by atoms with Crippen LogP contribution >= 0.6 is 15.9 Å². The number of likely N-dealkylation sites (N-methyl/N-ethyl adjacent to an activating group) is 1. The first kappa shape index (κ1) is 18.1. The molecule has 1 atom stereocenters. The average molecular weight is 377 g/mol. The van der Waals surface area contributed by atoms with Gasteiger partial charge in [-0.1, -0.05) is 29.8 Å². The second-order valence-corrected chi connectivity index (χ2v) is 7.62. The molecule has 0 bridgehead atoms. The molecule has 1 aromatic carbocycles. The van der Waals surface area contributed by atoms with Gasteiger partial charge in [-0.25, -0.2) is 8.42 Å². The second-order valence-electron chi connectivity index (χ2n) is 4.76. The maximum Gasteiger partial charge on any atom is 0.243 e. The van der Waals surface area contributed by atoms with Crippen LogP contribution in [0, 0.1) is 0 Å². The van der Waals surface area contributed by atoms with Crippen molar-refractivity contribution in [2.45, 2.75) is 38.1 Å². The molecule has 21 heavy (non-hydrogen) atoms. The molecular weight excluding hydrogens is 356 g/mol. The van der Waals surface area contributed by atoms with Gasteiger partial charge in [0.1, 0.15) is 0 Å². The number of hydrogen-bond donors (Lipinski definition) is 1. The largest absolute Gasteiger partial charge is 0.353 e. The summed E-state index contributed by atoms with van der Waals surface area (Å²) < 4.78 is 27.0. The first-order valence-corrected chi connectivity index (χ1v) is 9.09. The average Bonchev–Trinajstić information content (AvgIpc) is 2.44. The topological polar surface area (TPSA) is 66.5 Å². The van der Waals surface area contributed by atoms with Crippen LogP contribution in [0.4, 0.5) is 0 Å². The Bertz CT molecular complexity index is 572. The number of rotatable bonds is 7. The SMILES string of the molecule is CC[C@H](C)NC(=O)CN(CC)S(=O)(=O)c1ccc(Br)cc1. The molecule has 1 amide bonds. The molecule has 0 fully saturated rings. The van der Waals surface area contributed by atoms with Gasteiger partial charge < -0.3 is 5.32 Å². The number of hydrogen-bond acceptors (Lipinski definition) is 3. The summed E-state index contributed by atoms with van der Waals surface area (Å²) in [6.07, 6.45) is 0.803. The number of amides is 1. The van der Waals surface area contributed by atoms with E-state index < -0.39 is 10.0 Å². The van der Waals surface area contributed by atoms with E-state index in [0.29, 0.717) is 0 Å². The van der Waals surface area contributed by atoms with Crippen molar-refractivity contribution in [2.24, 2.45) is 0 Å². The lowest BCUT2D eigenvalue weighted by Gasteiger charge is -2.21. The highest BCUT2D eigenvalue weighted by Crippen LogP contribution is 2.18. The van der Waals surface area contributed by atoms with Gasteiger partial charge in [0.25, 0.3) is 0 Å². The Hall–Kier alpha value is -0.920. The number of carbonyl (C=O) groups excluding carboxylic acids is 1. The van der Waals surface area contributed by atoms with Crippen molar-refractivity contribution < 1.29 is 13.2 Å². The van der Waals surface area contributed by atoms with E-state index in [0.717, 1.165) is 10.9 Å². The smallest absolute Gasteiger partial charge is 0.243 e. The third-order valence-electron chi connectivity index (χ3n) is 3.14. The van der Waals surface area contributed by atoms with Crippen molar-refractivity contribution in [1.29, 1.82) is 0 Å². The molecule has 0 heterocycles. The van der Waals surface area contributed by atoms with Gasteiger partial charge in [-0.3, -0.25) is 4.79 Å². The summed E-state index contributed by atoms with van der Waals surface area (Å²) in [4.78, 5) is 12.1. The minimum absolute atomic E-state index is 0.0339. The van der Waals surface area contributed by atoms with Gasteiger partial charge in [-0.2, -0.15) is 4.31 Å². The predicted molar refractivity (Wildman–Crippen MR) is 86.5 cm³/mol. The van der Waals surface area contributed by atoms with Gasteiger partial charge in [-0.05, 0) is 37.6 Å². The molecule has 0 unspecified atom stereocenters. The maximum absolute atomic E-state index is 12.5. The molecule has 0 spiro atoms. The van der Waals surface area contributed by atoms with Gasteiger partial charge >= 0.3 is 0 Å². The Kier molecular flexibility index (Phi) is 6.83. The fourth-order valence-electron chi connectivity index (χ4n) is 1.71. The van der Waals surface area contributed by atoms with Crippen molar-refractivity contribution >= 4 is 31.9 Å². The molecule has 0 aliphatic rings. The van der Waals surface area contributed by atoms with E-state index in [1.807, 2.05) is 13.8 Å². The Morgan fingerprint density at radius 3 is 2.33 bits per heavy atom. The first-order valence-electron chi connectivity index (χ1n) is 6.86. The molecule has 0 aliphatic carbocycles. The lowest BCUT2D eigenvalue weighted by molar-refractivity contribution is -0.121. The van der Waals surface area contributed by atoms with Gasteiger partial charge in [-0.15, -0.1) is 0 Å². The number of benzene rings is 1. The molecule has 1 N–H and O–H groups in total. The minimum atomic E-state index is -3.65. The fourth-order valence-corrected chi connectivity index (χ4v) is 3.37. The first-order chi connectivity index (χ1) is 9.81. The van der Waals surface area contributed by atoms with Crippen LogP contribution in [0.1, 0.15) is 27.2 Å². The molecule has 0 radical (unpaired) electrons. The number of halogens is 1. The third-order valence-corrected chi connectivity index (χ3v) is 5.61. The maximum atomic E-state index is 12.5. The molecule has 7 heteroatoms. The van der Waals surface area contributed by atoms with Crippen LogP contribution in [0.15, 0.2) is 33.6 Å². The normalized spacial score (nSPS) is 13.2. The van der Waals surface area contributed by atoms with Gasteiger partial charge in [0.15, 0.2) is 0 Å². The van der Waals surface area contributed by atoms with E-state index in [4.69, 9.17) is 0 Å². The summed E-state index contributed by atoms with van der Waals surface area (Å²) in [5.41, 5.74) is 0. The van der Waals surface area contributed by atoms with Crippen LogP contribution in [0.3, 0.4) is 0 Å². The van der Waals surface area contributed by atoms with E-state index in [2.05, 4.69) is 21.2 Å². The van der Waals surface area contributed by atoms with E-state index in [9.17, 15) is 13.2 Å². The van der Waals surface area contributed by atoms with Crippen LogP contribution in [-0.4, -0.2) is 37.8 Å². The lowest BCUT2D eigenvalue weighted by atomic mass is 10.2. The predicted octanol–water partition coefficient (Wildman–Crippen LogP) is 2.37. The zero-order valence-corrected chi connectivity index (χ0v) is 14.9. The highest BCUT2D eigenvalue weighted by atomic mass is 79.9. The van der Waals surface area contributed by atoms with Crippen molar-refractivity contribution in [3.8, 4) is 0 Å². The second kappa shape index (κ2) is 7.91. The Labute approximate surface area is 134 Å². The van der Waals surface area contributed by atoms with Crippen LogP contribution < -0.4 is 5.32 Å². The van der Waals surface area contributed by atoms with E-state index in [1.54, 1.807) is 19.1 Å². The van der Waals surface area contributed by atoms with E-state index >= 15 is 0 Å². The van der Waals surface area contributed by atoms with Crippen molar-refractivity contribution in [3.63, 3.8) is 0 Å². The Balaban J connectivity index is 2.88. The summed E-state index contributed by atoms with van der Waals surface area (Å²) in [7, 11) is -3.65. The molecule has 0 saturated heterocycles. The van der Waals surface area contributed by atoms with Crippen molar-refractivity contribution in [3.05, 3.63) is 28.7 Å². The number of sulfonamides is 1. The monoisotopic (exact) mass is 376 g/mol. The molecular formula is C14H21BrN2O3S. The Morgan fingerprint density at radius 1 is 1.29 bits per heavy atom.